The number of anilines is 1. The normalized spacial score (nSPS) is 10.6. The molecule has 0 aliphatic heterocycles. The summed E-state index contributed by atoms with van der Waals surface area (Å²) >= 11 is 6.75. The lowest BCUT2D eigenvalue weighted by molar-refractivity contribution is -0.111. The molecule has 1 heterocycles. The van der Waals surface area contributed by atoms with E-state index in [9.17, 15) is 4.79 Å². The zero-order valence-electron chi connectivity index (χ0n) is 9.81. The van der Waals surface area contributed by atoms with Crippen LogP contribution in [0.15, 0.2) is 57.7 Å². The summed E-state index contributed by atoms with van der Waals surface area (Å²) in [5.74, 6) is -0.192. The van der Waals surface area contributed by atoms with E-state index in [0.717, 1.165) is 20.2 Å². The molecule has 0 saturated carbocycles. The molecule has 96 valence electrons. The Morgan fingerprint density at radius 3 is 2.84 bits per heavy atom. The van der Waals surface area contributed by atoms with Crippen LogP contribution in [0, 0.1) is 0 Å². The van der Waals surface area contributed by atoms with Crippen LogP contribution in [0.5, 0.6) is 0 Å². The van der Waals surface area contributed by atoms with Gasteiger partial charge in [0, 0.05) is 27.4 Å². The number of aromatic nitrogens is 1. The van der Waals surface area contributed by atoms with Crippen LogP contribution in [0.4, 0.5) is 5.69 Å². The fourth-order valence-electron chi connectivity index (χ4n) is 1.41. The number of nitrogens with one attached hydrogen (secondary N) is 1. The molecule has 2 rings (SSSR count). The van der Waals surface area contributed by atoms with Crippen LogP contribution in [0.2, 0.25) is 0 Å². The van der Waals surface area contributed by atoms with E-state index in [1.807, 2.05) is 30.3 Å². The van der Waals surface area contributed by atoms with Gasteiger partial charge in [0.25, 0.3) is 0 Å². The summed E-state index contributed by atoms with van der Waals surface area (Å²) in [5.41, 5.74) is 1.60. The smallest absolute Gasteiger partial charge is 0.248 e. The molecule has 5 heteroatoms. The Kier molecular flexibility index (Phi) is 4.87. The van der Waals surface area contributed by atoms with Crippen molar-refractivity contribution in [3.8, 4) is 0 Å². The van der Waals surface area contributed by atoms with E-state index in [2.05, 4.69) is 42.2 Å². The first-order valence-corrected chi connectivity index (χ1v) is 7.08. The van der Waals surface area contributed by atoms with Gasteiger partial charge in [-0.2, -0.15) is 0 Å². The molecule has 0 aliphatic carbocycles. The van der Waals surface area contributed by atoms with Crippen LogP contribution in [0.25, 0.3) is 6.08 Å². The minimum atomic E-state index is -0.192. The van der Waals surface area contributed by atoms with E-state index < -0.39 is 0 Å². The van der Waals surface area contributed by atoms with E-state index in [0.29, 0.717) is 0 Å². The van der Waals surface area contributed by atoms with Crippen molar-refractivity contribution >= 4 is 49.5 Å². The number of halogens is 2. The molecule has 0 unspecified atom stereocenters. The summed E-state index contributed by atoms with van der Waals surface area (Å²) < 4.78 is 1.74. The summed E-state index contributed by atoms with van der Waals surface area (Å²) in [6.07, 6.45) is 6.58. The van der Waals surface area contributed by atoms with Gasteiger partial charge in [0.05, 0.1) is 5.69 Å². The molecule has 2 aromatic rings. The molecule has 0 radical (unpaired) electrons. The fraction of sp³-hybridized carbons (Fsp3) is 0. The lowest BCUT2D eigenvalue weighted by Gasteiger charge is -2.05. The molecule has 0 atom stereocenters. The second-order valence-electron chi connectivity index (χ2n) is 3.73. The Balaban J connectivity index is 2.06. The molecule has 19 heavy (non-hydrogen) atoms. The summed E-state index contributed by atoms with van der Waals surface area (Å²) in [6.45, 7) is 0. The molecule has 0 fully saturated rings. The van der Waals surface area contributed by atoms with Crippen molar-refractivity contribution < 1.29 is 4.79 Å². The van der Waals surface area contributed by atoms with Gasteiger partial charge in [-0.3, -0.25) is 9.78 Å². The minimum Gasteiger partial charge on any atom is -0.321 e. The zero-order valence-corrected chi connectivity index (χ0v) is 13.0. The third-order valence-corrected chi connectivity index (χ3v) is 3.48. The van der Waals surface area contributed by atoms with Gasteiger partial charge in [-0.05, 0) is 51.8 Å². The number of nitrogens with zero attached hydrogens (tertiary/aromatic N) is 1. The first-order chi connectivity index (χ1) is 9.15. The summed E-state index contributed by atoms with van der Waals surface area (Å²) in [7, 11) is 0. The maximum absolute atomic E-state index is 11.8. The minimum absolute atomic E-state index is 0.192. The Morgan fingerprint density at radius 2 is 2.11 bits per heavy atom. The van der Waals surface area contributed by atoms with Crippen LogP contribution in [0.3, 0.4) is 0 Å². The van der Waals surface area contributed by atoms with Gasteiger partial charge >= 0.3 is 0 Å². The Labute approximate surface area is 128 Å². The maximum Gasteiger partial charge on any atom is 0.248 e. The summed E-state index contributed by atoms with van der Waals surface area (Å²) in [5, 5.41) is 2.80. The van der Waals surface area contributed by atoms with Crippen molar-refractivity contribution in [1.82, 2.24) is 4.98 Å². The van der Waals surface area contributed by atoms with Gasteiger partial charge in [0.2, 0.25) is 5.91 Å². The average Bonchev–Trinajstić information content (AvgIpc) is 2.42. The lowest BCUT2D eigenvalue weighted by Crippen LogP contribution is -2.08. The summed E-state index contributed by atoms with van der Waals surface area (Å²) in [6, 6.07) is 9.30. The highest BCUT2D eigenvalue weighted by Crippen LogP contribution is 2.26. The Hall–Kier alpha value is -1.46. The number of hydrogen-bond donors (Lipinski definition) is 1. The number of benzene rings is 1. The molecular weight excluding hydrogens is 372 g/mol. The molecule has 1 aromatic carbocycles. The van der Waals surface area contributed by atoms with Crippen molar-refractivity contribution in [2.75, 3.05) is 5.32 Å². The zero-order chi connectivity index (χ0) is 13.7. The first-order valence-electron chi connectivity index (χ1n) is 5.49. The quantitative estimate of drug-likeness (QED) is 0.807. The van der Waals surface area contributed by atoms with Crippen molar-refractivity contribution in [3.63, 3.8) is 0 Å². The topological polar surface area (TPSA) is 42.0 Å². The second-order valence-corrected chi connectivity index (χ2v) is 5.50. The maximum atomic E-state index is 11.8. The predicted molar refractivity (Wildman–Crippen MR) is 83.7 cm³/mol. The fourth-order valence-corrected chi connectivity index (χ4v) is 2.12. The molecule has 1 amide bonds. The van der Waals surface area contributed by atoms with Crippen LogP contribution in [-0.2, 0) is 4.79 Å². The Bertz CT molecular complexity index is 612. The van der Waals surface area contributed by atoms with Gasteiger partial charge in [-0.25, -0.2) is 0 Å². The van der Waals surface area contributed by atoms with Crippen molar-refractivity contribution in [2.24, 2.45) is 0 Å². The number of amides is 1. The van der Waals surface area contributed by atoms with Crippen LogP contribution in [0.1, 0.15) is 5.56 Å². The van der Waals surface area contributed by atoms with E-state index in [1.54, 1.807) is 18.5 Å². The molecule has 3 nitrogen and oxygen atoms in total. The molecule has 0 saturated heterocycles. The highest BCUT2D eigenvalue weighted by Gasteiger charge is 2.03. The van der Waals surface area contributed by atoms with Gasteiger partial charge in [-0.15, -0.1) is 0 Å². The van der Waals surface area contributed by atoms with E-state index in [-0.39, 0.29) is 5.91 Å². The molecule has 0 aliphatic rings. The monoisotopic (exact) mass is 380 g/mol. The van der Waals surface area contributed by atoms with Gasteiger partial charge in [0.15, 0.2) is 0 Å². The largest absolute Gasteiger partial charge is 0.321 e. The van der Waals surface area contributed by atoms with Crippen LogP contribution >= 0.6 is 31.9 Å². The number of rotatable bonds is 3. The van der Waals surface area contributed by atoms with E-state index in [1.165, 1.54) is 6.08 Å². The number of carbonyl (C=O) groups is 1. The van der Waals surface area contributed by atoms with Crippen LogP contribution < -0.4 is 5.32 Å². The highest BCUT2D eigenvalue weighted by atomic mass is 79.9. The van der Waals surface area contributed by atoms with Crippen molar-refractivity contribution in [3.05, 3.63) is 63.3 Å². The van der Waals surface area contributed by atoms with E-state index in [4.69, 9.17) is 0 Å². The van der Waals surface area contributed by atoms with Crippen molar-refractivity contribution in [2.45, 2.75) is 0 Å². The molecule has 0 spiro atoms. The first kappa shape index (κ1) is 14.0. The molecule has 1 aromatic heterocycles. The third kappa shape index (κ3) is 4.29. The molecular formula is C14H10Br2N2O. The number of pyridine rings is 1. The second kappa shape index (κ2) is 6.63. The van der Waals surface area contributed by atoms with Crippen LogP contribution in [-0.4, -0.2) is 10.9 Å². The molecule has 0 bridgehead atoms. The number of carbonyl (C=O) groups excluding carboxylic acids is 1. The van der Waals surface area contributed by atoms with Gasteiger partial charge in [0.1, 0.15) is 0 Å². The van der Waals surface area contributed by atoms with E-state index >= 15 is 0 Å². The lowest BCUT2D eigenvalue weighted by atomic mass is 10.2. The van der Waals surface area contributed by atoms with Gasteiger partial charge in [-0.1, -0.05) is 22.0 Å². The standard InChI is InChI=1S/C14H10Br2N2O/c15-11-4-5-12(16)13(8-11)18-14(19)6-3-10-2-1-7-17-9-10/h1-9H,(H,18,19)/b6-3+. The molecule has 1 N–H and O–H groups in total. The van der Waals surface area contributed by atoms with Crippen molar-refractivity contribution in [1.29, 1.82) is 0 Å². The SMILES string of the molecule is O=C(/C=C/c1cccnc1)Nc1cc(Br)ccc1Br. The summed E-state index contributed by atoms with van der Waals surface area (Å²) in [4.78, 5) is 15.8. The number of hydrogen-bond acceptors (Lipinski definition) is 2. The third-order valence-electron chi connectivity index (χ3n) is 2.30. The average molecular weight is 382 g/mol. The Morgan fingerprint density at radius 1 is 1.26 bits per heavy atom. The van der Waals surface area contributed by atoms with Gasteiger partial charge < -0.3 is 5.32 Å². The predicted octanol–water partition coefficient (Wildman–Crippen LogP) is 4.26. The highest BCUT2D eigenvalue weighted by molar-refractivity contribution is 9.11.